The third-order valence-corrected chi connectivity index (χ3v) is 12.5. The molecule has 1 aromatic heterocycles. The van der Waals surface area contributed by atoms with Gasteiger partial charge in [0.1, 0.15) is 41.2 Å². The Bertz CT molecular complexity index is 1860. The molecule has 2 aromatic rings. The number of hydrogen-bond acceptors (Lipinski definition) is 13. The SMILES string of the molecule is CC[C@H]1OC(=O)[C@H](C)C(=O)[C@H](C)[C@@H](OC2O[C@H](C)C[C@H](N(C)C)[C@H]2O)[C@](C)(OC(=O)NCC=Cc2cncc3ccccc23)C[C@@H](C)C(=O)C(C)C2CC(=O)O[C@@]21C. The first-order valence-corrected chi connectivity index (χ1v) is 20.4. The molecule has 1 aromatic carbocycles. The van der Waals surface area contributed by atoms with Gasteiger partial charge in [-0.15, -0.1) is 0 Å². The number of ketones is 2. The number of aliphatic hydroxyl groups is 1. The first kappa shape index (κ1) is 44.9. The molecular formula is C44H61N3O11. The van der Waals surface area contributed by atoms with Gasteiger partial charge in [0.2, 0.25) is 0 Å². The molecule has 0 radical (unpaired) electrons. The molecule has 0 saturated carbocycles. The van der Waals surface area contributed by atoms with Gasteiger partial charge in [-0.3, -0.25) is 24.2 Å². The van der Waals surface area contributed by atoms with Crippen LogP contribution < -0.4 is 5.32 Å². The smallest absolute Gasteiger partial charge is 0.408 e. The zero-order valence-electron chi connectivity index (χ0n) is 35.4. The second-order valence-corrected chi connectivity index (χ2v) is 17.1. The van der Waals surface area contributed by atoms with E-state index in [1.165, 1.54) is 6.92 Å². The number of likely N-dealkylation sites (N-methyl/N-ethyl adjacent to an activating group) is 1. The number of hydrogen-bond donors (Lipinski definition) is 2. The van der Waals surface area contributed by atoms with Crippen LogP contribution in [0.25, 0.3) is 16.8 Å². The van der Waals surface area contributed by atoms with Crippen molar-refractivity contribution in [3.8, 4) is 0 Å². The van der Waals surface area contributed by atoms with Crippen molar-refractivity contribution in [3.63, 3.8) is 0 Å². The summed E-state index contributed by atoms with van der Waals surface area (Å²) < 4.78 is 30.9. The zero-order chi connectivity index (χ0) is 42.7. The zero-order valence-corrected chi connectivity index (χ0v) is 35.4. The van der Waals surface area contributed by atoms with E-state index in [0.717, 1.165) is 16.3 Å². The van der Waals surface area contributed by atoms with Gasteiger partial charge in [0.15, 0.2) is 12.1 Å². The fourth-order valence-corrected chi connectivity index (χ4v) is 9.24. The molecule has 58 heavy (non-hydrogen) atoms. The number of nitrogens with one attached hydrogen (secondary N) is 1. The molecule has 0 bridgehead atoms. The van der Waals surface area contributed by atoms with Gasteiger partial charge in [-0.05, 0) is 66.4 Å². The minimum Gasteiger partial charge on any atom is -0.458 e. The largest absolute Gasteiger partial charge is 0.458 e. The second kappa shape index (κ2) is 18.4. The standard InChI is InChI=1S/C44H61N3O11/c1-11-34-44(8)32(20-35(48)57-44)26(4)36(49)24(2)21-43(7,58-42(53)46-18-14-16-30-23-45-22-29-15-12-13-17-31(29)30)39(27(5)37(50)28(6)40(52)55-34)56-41-38(51)33(47(9)10)19-25(3)54-41/h12-17,22-28,32-34,38-39,41,51H,11,18-21H2,1-10H3,(H,46,53)/t24-,25-,26?,27+,28-,32?,33+,34-,38-,39-,41?,43-,44+/m1/s1. The van der Waals surface area contributed by atoms with Gasteiger partial charge in [-0.25, -0.2) is 4.79 Å². The van der Waals surface area contributed by atoms with E-state index >= 15 is 0 Å². The number of nitrogens with zero attached hydrogens (tertiary/aromatic N) is 2. The highest BCUT2D eigenvalue weighted by atomic mass is 16.7. The van der Waals surface area contributed by atoms with Crippen LogP contribution >= 0.6 is 0 Å². The molecule has 14 heteroatoms. The molecule has 0 aliphatic carbocycles. The predicted octanol–water partition coefficient (Wildman–Crippen LogP) is 5.27. The second-order valence-electron chi connectivity index (χ2n) is 17.1. The number of carbonyl (C=O) groups excluding carboxylic acids is 5. The topological polar surface area (TPSA) is 180 Å². The Morgan fingerprint density at radius 1 is 1.03 bits per heavy atom. The number of alkyl carbamates (subject to hydrolysis) is 1. The van der Waals surface area contributed by atoms with E-state index in [2.05, 4.69) is 10.3 Å². The molecule has 3 fully saturated rings. The molecule has 318 valence electrons. The van der Waals surface area contributed by atoms with Gasteiger partial charge in [-0.2, -0.15) is 0 Å². The first-order chi connectivity index (χ1) is 27.3. The summed E-state index contributed by atoms with van der Waals surface area (Å²) in [5.74, 6) is -6.83. The van der Waals surface area contributed by atoms with Gasteiger partial charge in [0.25, 0.3) is 0 Å². The molecule has 13 atom stereocenters. The summed E-state index contributed by atoms with van der Waals surface area (Å²) in [6.07, 6.45) is 1.78. The Morgan fingerprint density at radius 2 is 1.74 bits per heavy atom. The number of benzene rings is 1. The number of fused-ring (bicyclic) bond motifs is 2. The van der Waals surface area contributed by atoms with Crippen molar-refractivity contribution in [3.05, 3.63) is 48.3 Å². The molecule has 14 nitrogen and oxygen atoms in total. The summed E-state index contributed by atoms with van der Waals surface area (Å²) in [6, 6.07) is 7.43. The van der Waals surface area contributed by atoms with E-state index in [1.54, 1.807) is 60.0 Å². The van der Waals surface area contributed by atoms with Crippen molar-refractivity contribution in [2.75, 3.05) is 20.6 Å². The van der Waals surface area contributed by atoms with Crippen molar-refractivity contribution in [1.82, 2.24) is 15.2 Å². The normalized spacial score (nSPS) is 36.7. The van der Waals surface area contributed by atoms with Gasteiger partial charge < -0.3 is 39.0 Å². The fourth-order valence-electron chi connectivity index (χ4n) is 9.24. The van der Waals surface area contributed by atoms with Gasteiger partial charge in [0.05, 0.1) is 12.5 Å². The molecule has 0 spiro atoms. The van der Waals surface area contributed by atoms with Gasteiger partial charge >= 0.3 is 18.0 Å². The number of esters is 2. The maximum absolute atomic E-state index is 14.5. The molecule has 5 rings (SSSR count). The Labute approximate surface area is 341 Å². The Hall–Kier alpha value is -4.24. The number of carbonyl (C=O) groups is 5. The monoisotopic (exact) mass is 807 g/mol. The van der Waals surface area contributed by atoms with Crippen LogP contribution in [-0.4, -0.2) is 113 Å². The summed E-state index contributed by atoms with van der Waals surface area (Å²) in [5, 5.41) is 16.3. The summed E-state index contributed by atoms with van der Waals surface area (Å²) in [6.45, 7) is 13.4. The van der Waals surface area contributed by atoms with Crippen molar-refractivity contribution in [2.24, 2.45) is 29.6 Å². The predicted molar refractivity (Wildman–Crippen MR) is 215 cm³/mol. The highest BCUT2D eigenvalue weighted by Gasteiger charge is 2.57. The summed E-state index contributed by atoms with van der Waals surface area (Å²) in [7, 11) is 3.66. The number of aromatic nitrogens is 1. The third-order valence-electron chi connectivity index (χ3n) is 12.5. The Morgan fingerprint density at radius 3 is 2.43 bits per heavy atom. The highest BCUT2D eigenvalue weighted by molar-refractivity contribution is 6.00. The number of Topliss-reactive ketones (excluding diaryl/α,β-unsaturated/α-hetero) is 2. The molecule has 3 saturated heterocycles. The lowest BCUT2D eigenvalue weighted by molar-refractivity contribution is -0.292. The van der Waals surface area contributed by atoms with Crippen LogP contribution in [0.4, 0.5) is 4.79 Å². The van der Waals surface area contributed by atoms with Crippen LogP contribution in [0.2, 0.25) is 0 Å². The summed E-state index contributed by atoms with van der Waals surface area (Å²) >= 11 is 0. The lowest BCUT2D eigenvalue weighted by Crippen LogP contribution is -2.60. The Kier molecular flexibility index (Phi) is 14.2. The van der Waals surface area contributed by atoms with Crippen LogP contribution in [-0.2, 0) is 42.9 Å². The van der Waals surface area contributed by atoms with E-state index in [0.29, 0.717) is 6.42 Å². The maximum atomic E-state index is 14.5. The van der Waals surface area contributed by atoms with E-state index < -0.39 is 89.2 Å². The van der Waals surface area contributed by atoms with Crippen molar-refractivity contribution in [2.45, 2.75) is 129 Å². The third kappa shape index (κ3) is 9.46. The van der Waals surface area contributed by atoms with E-state index in [9.17, 15) is 29.1 Å². The molecule has 3 aliphatic heterocycles. The van der Waals surface area contributed by atoms with E-state index in [-0.39, 0.29) is 43.7 Å². The van der Waals surface area contributed by atoms with E-state index in [1.807, 2.05) is 56.3 Å². The van der Waals surface area contributed by atoms with Gasteiger partial charge in [0, 0.05) is 59.6 Å². The number of ether oxygens (including phenoxy) is 5. The molecule has 3 aliphatic rings. The number of amides is 1. The number of aliphatic hydroxyl groups excluding tert-OH is 1. The van der Waals surface area contributed by atoms with Crippen molar-refractivity contribution in [1.29, 1.82) is 0 Å². The summed E-state index contributed by atoms with van der Waals surface area (Å²) in [5.41, 5.74) is -2.20. The molecule has 3 unspecified atom stereocenters. The average molecular weight is 808 g/mol. The molecule has 4 heterocycles. The lowest BCUT2D eigenvalue weighted by atomic mass is 9.70. The number of pyridine rings is 1. The van der Waals surface area contributed by atoms with Crippen LogP contribution in [0.5, 0.6) is 0 Å². The maximum Gasteiger partial charge on any atom is 0.408 e. The average Bonchev–Trinajstić information content (AvgIpc) is 3.50. The van der Waals surface area contributed by atoms with Crippen molar-refractivity contribution >= 4 is 46.4 Å². The highest BCUT2D eigenvalue weighted by Crippen LogP contribution is 2.45. The Balaban J connectivity index is 1.52. The molecule has 2 N–H and O–H groups in total. The quantitative estimate of drug-likeness (QED) is 0.200. The lowest BCUT2D eigenvalue weighted by Gasteiger charge is -2.47. The van der Waals surface area contributed by atoms with Gasteiger partial charge in [-0.1, -0.05) is 64.1 Å². The van der Waals surface area contributed by atoms with Crippen LogP contribution in [0.3, 0.4) is 0 Å². The molecule has 1 amide bonds. The van der Waals surface area contributed by atoms with Crippen LogP contribution in [0.15, 0.2) is 42.7 Å². The molecular weight excluding hydrogens is 746 g/mol. The number of cyclic esters (lactones) is 1. The number of rotatable bonds is 8. The van der Waals surface area contributed by atoms with Crippen molar-refractivity contribution < 1.29 is 52.8 Å². The minimum atomic E-state index is -1.72. The fraction of sp³-hybridized carbons (Fsp3) is 0.636. The summed E-state index contributed by atoms with van der Waals surface area (Å²) in [4.78, 5) is 75.6. The van der Waals surface area contributed by atoms with Crippen LogP contribution in [0, 0.1) is 29.6 Å². The van der Waals surface area contributed by atoms with Crippen LogP contribution in [0.1, 0.15) is 86.6 Å². The minimum absolute atomic E-state index is 0.0614. The van der Waals surface area contributed by atoms with E-state index in [4.69, 9.17) is 23.7 Å². The first-order valence-electron chi connectivity index (χ1n) is 20.4.